The number of likely N-dealkylation sites (N-methyl/N-ethyl adjacent to an activating group) is 1. The van der Waals surface area contributed by atoms with E-state index < -0.39 is 0 Å². The zero-order chi connectivity index (χ0) is 12.8. The van der Waals surface area contributed by atoms with E-state index >= 15 is 0 Å². The number of anilines is 1. The molecule has 1 aromatic heterocycles. The van der Waals surface area contributed by atoms with Gasteiger partial charge in [-0.3, -0.25) is 0 Å². The van der Waals surface area contributed by atoms with E-state index in [0.29, 0.717) is 6.04 Å². The highest BCUT2D eigenvalue weighted by atomic mass is 32.1. The van der Waals surface area contributed by atoms with Crippen molar-refractivity contribution in [1.82, 2.24) is 10.3 Å². The van der Waals surface area contributed by atoms with E-state index in [-0.39, 0.29) is 0 Å². The van der Waals surface area contributed by atoms with Crippen molar-refractivity contribution < 1.29 is 4.74 Å². The molecule has 98 valence electrons. The molecule has 0 aliphatic heterocycles. The van der Waals surface area contributed by atoms with Crippen molar-refractivity contribution in [3.05, 3.63) is 10.6 Å². The van der Waals surface area contributed by atoms with E-state index in [0.717, 1.165) is 30.5 Å². The van der Waals surface area contributed by atoms with Crippen LogP contribution < -0.4 is 10.2 Å². The summed E-state index contributed by atoms with van der Waals surface area (Å²) in [5, 5.41) is 4.49. The Morgan fingerprint density at radius 2 is 2.18 bits per heavy atom. The lowest BCUT2D eigenvalue weighted by molar-refractivity contribution is 0.206. The maximum absolute atomic E-state index is 5.07. The summed E-state index contributed by atoms with van der Waals surface area (Å²) < 4.78 is 5.07. The molecule has 1 aromatic rings. The first-order chi connectivity index (χ1) is 8.04. The normalized spacial score (nSPS) is 11.2. The van der Waals surface area contributed by atoms with Crippen LogP contribution in [0.3, 0.4) is 0 Å². The average Bonchev–Trinajstić information content (AvgIpc) is 2.65. The molecular weight excluding hydrogens is 234 g/mol. The van der Waals surface area contributed by atoms with E-state index in [2.05, 4.69) is 43.0 Å². The molecule has 0 aliphatic carbocycles. The van der Waals surface area contributed by atoms with Crippen LogP contribution in [0.2, 0.25) is 0 Å². The van der Waals surface area contributed by atoms with Crippen LogP contribution in [0.1, 0.15) is 24.4 Å². The van der Waals surface area contributed by atoms with Gasteiger partial charge in [-0.05, 0) is 6.92 Å². The fourth-order valence-electron chi connectivity index (χ4n) is 1.36. The van der Waals surface area contributed by atoms with E-state index in [1.165, 1.54) is 4.88 Å². The zero-order valence-electron chi connectivity index (χ0n) is 11.4. The lowest BCUT2D eigenvalue weighted by Crippen LogP contribution is -2.22. The Balaban J connectivity index is 2.60. The smallest absolute Gasteiger partial charge is 0.185 e. The first kappa shape index (κ1) is 14.4. The molecule has 1 heterocycles. The van der Waals surface area contributed by atoms with Gasteiger partial charge in [0, 0.05) is 38.2 Å². The SMILES string of the molecule is COCCN(C)c1nc(C)c(CNC(C)C)s1. The van der Waals surface area contributed by atoms with Crippen molar-refractivity contribution in [3.8, 4) is 0 Å². The van der Waals surface area contributed by atoms with Gasteiger partial charge in [-0.15, -0.1) is 11.3 Å². The molecular formula is C12H23N3OS. The van der Waals surface area contributed by atoms with Crippen LogP contribution >= 0.6 is 11.3 Å². The predicted molar refractivity (Wildman–Crippen MR) is 74.0 cm³/mol. The van der Waals surface area contributed by atoms with Crippen LogP contribution in [-0.4, -0.2) is 38.3 Å². The largest absolute Gasteiger partial charge is 0.383 e. The Hall–Kier alpha value is -0.650. The molecule has 0 fully saturated rings. The van der Waals surface area contributed by atoms with Crippen LogP contribution in [0.25, 0.3) is 0 Å². The summed E-state index contributed by atoms with van der Waals surface area (Å²) in [7, 11) is 3.77. The molecule has 0 radical (unpaired) electrons. The molecule has 0 saturated heterocycles. The highest BCUT2D eigenvalue weighted by Crippen LogP contribution is 2.25. The van der Waals surface area contributed by atoms with Gasteiger partial charge in [-0.2, -0.15) is 0 Å². The van der Waals surface area contributed by atoms with Crippen molar-refractivity contribution in [2.24, 2.45) is 0 Å². The summed E-state index contributed by atoms with van der Waals surface area (Å²) in [6.45, 7) is 8.89. The second-order valence-electron chi connectivity index (χ2n) is 4.45. The van der Waals surface area contributed by atoms with Crippen molar-refractivity contribution in [2.45, 2.75) is 33.4 Å². The Bertz CT molecular complexity index is 338. The molecule has 0 aromatic carbocycles. The molecule has 0 aliphatic rings. The van der Waals surface area contributed by atoms with Crippen molar-refractivity contribution in [3.63, 3.8) is 0 Å². The summed E-state index contributed by atoms with van der Waals surface area (Å²) in [4.78, 5) is 8.05. The van der Waals surface area contributed by atoms with Gasteiger partial charge in [-0.1, -0.05) is 13.8 Å². The van der Waals surface area contributed by atoms with Gasteiger partial charge in [0.2, 0.25) is 0 Å². The summed E-state index contributed by atoms with van der Waals surface area (Å²) in [6, 6.07) is 0.506. The minimum absolute atomic E-state index is 0.506. The number of ether oxygens (including phenoxy) is 1. The second kappa shape index (κ2) is 6.93. The first-order valence-electron chi connectivity index (χ1n) is 5.94. The fraction of sp³-hybridized carbons (Fsp3) is 0.750. The third-order valence-corrected chi connectivity index (χ3v) is 3.78. The van der Waals surface area contributed by atoms with Gasteiger partial charge in [0.05, 0.1) is 12.3 Å². The van der Waals surface area contributed by atoms with E-state index in [1.807, 2.05) is 0 Å². The Kier molecular flexibility index (Phi) is 5.88. The van der Waals surface area contributed by atoms with Crippen LogP contribution in [0, 0.1) is 6.92 Å². The first-order valence-corrected chi connectivity index (χ1v) is 6.76. The highest BCUT2D eigenvalue weighted by Gasteiger charge is 2.11. The second-order valence-corrected chi connectivity index (χ2v) is 5.52. The third-order valence-electron chi connectivity index (χ3n) is 2.51. The number of methoxy groups -OCH3 is 1. The summed E-state index contributed by atoms with van der Waals surface area (Å²) in [5.41, 5.74) is 1.13. The number of nitrogens with zero attached hydrogens (tertiary/aromatic N) is 2. The van der Waals surface area contributed by atoms with Crippen LogP contribution in [0.4, 0.5) is 5.13 Å². The fourth-order valence-corrected chi connectivity index (χ4v) is 2.36. The Morgan fingerprint density at radius 3 is 2.76 bits per heavy atom. The predicted octanol–water partition coefficient (Wildman–Crippen LogP) is 2.03. The minimum atomic E-state index is 0.506. The van der Waals surface area contributed by atoms with Crippen LogP contribution in [0.5, 0.6) is 0 Å². The molecule has 17 heavy (non-hydrogen) atoms. The number of hydrogen-bond donors (Lipinski definition) is 1. The van der Waals surface area contributed by atoms with E-state index in [9.17, 15) is 0 Å². The molecule has 4 nitrogen and oxygen atoms in total. The van der Waals surface area contributed by atoms with E-state index in [4.69, 9.17) is 4.74 Å². The standard InChI is InChI=1S/C12H23N3OS/c1-9(2)13-8-11-10(3)14-12(17-11)15(4)6-7-16-5/h9,13H,6-8H2,1-5H3. The lowest BCUT2D eigenvalue weighted by Gasteiger charge is -2.14. The third kappa shape index (κ3) is 4.61. The average molecular weight is 257 g/mol. The molecule has 0 atom stereocenters. The maximum atomic E-state index is 5.07. The minimum Gasteiger partial charge on any atom is -0.383 e. The molecule has 0 spiro atoms. The number of thiazole rings is 1. The number of aryl methyl sites for hydroxylation is 1. The summed E-state index contributed by atoms with van der Waals surface area (Å²) in [5.74, 6) is 0. The van der Waals surface area contributed by atoms with E-state index in [1.54, 1.807) is 18.4 Å². The number of hydrogen-bond acceptors (Lipinski definition) is 5. The van der Waals surface area contributed by atoms with Crippen LogP contribution in [-0.2, 0) is 11.3 Å². The monoisotopic (exact) mass is 257 g/mol. The number of nitrogens with one attached hydrogen (secondary N) is 1. The quantitative estimate of drug-likeness (QED) is 0.811. The molecule has 1 rings (SSSR count). The van der Waals surface area contributed by atoms with Crippen molar-refractivity contribution >= 4 is 16.5 Å². The lowest BCUT2D eigenvalue weighted by atomic mass is 10.3. The molecule has 0 unspecified atom stereocenters. The Morgan fingerprint density at radius 1 is 1.47 bits per heavy atom. The van der Waals surface area contributed by atoms with Crippen molar-refractivity contribution in [1.29, 1.82) is 0 Å². The number of aromatic nitrogens is 1. The van der Waals surface area contributed by atoms with Gasteiger partial charge in [0.1, 0.15) is 0 Å². The van der Waals surface area contributed by atoms with Crippen molar-refractivity contribution in [2.75, 3.05) is 32.2 Å². The molecule has 1 N–H and O–H groups in total. The molecule has 0 bridgehead atoms. The maximum Gasteiger partial charge on any atom is 0.185 e. The molecule has 0 amide bonds. The highest BCUT2D eigenvalue weighted by molar-refractivity contribution is 7.15. The molecule has 5 heteroatoms. The van der Waals surface area contributed by atoms with Crippen LogP contribution in [0.15, 0.2) is 0 Å². The van der Waals surface area contributed by atoms with Gasteiger partial charge in [-0.25, -0.2) is 4.98 Å². The number of rotatable bonds is 7. The summed E-state index contributed by atoms with van der Waals surface area (Å²) in [6.07, 6.45) is 0. The van der Waals surface area contributed by atoms with Gasteiger partial charge in [0.25, 0.3) is 0 Å². The topological polar surface area (TPSA) is 37.4 Å². The zero-order valence-corrected chi connectivity index (χ0v) is 12.2. The van der Waals surface area contributed by atoms with Gasteiger partial charge >= 0.3 is 0 Å². The molecule has 0 saturated carbocycles. The van der Waals surface area contributed by atoms with Gasteiger partial charge in [0.15, 0.2) is 5.13 Å². The van der Waals surface area contributed by atoms with Gasteiger partial charge < -0.3 is 15.0 Å². The Labute approximate surface area is 108 Å². The summed E-state index contributed by atoms with van der Waals surface area (Å²) >= 11 is 1.76.